The van der Waals surface area contributed by atoms with E-state index >= 15 is 0 Å². The van der Waals surface area contributed by atoms with Gasteiger partial charge in [0, 0.05) is 25.2 Å². The van der Waals surface area contributed by atoms with E-state index in [2.05, 4.69) is 42.4 Å². The first kappa shape index (κ1) is 13.5. The van der Waals surface area contributed by atoms with E-state index in [1.54, 1.807) is 0 Å². The SMILES string of the molecule is CC1CNc2nc(-c3nnn[nH]3)cn2C1CCCC(=O)O. The van der Waals surface area contributed by atoms with E-state index in [1.165, 1.54) is 0 Å². The highest BCUT2D eigenvalue weighted by Crippen LogP contribution is 2.33. The third kappa shape index (κ3) is 2.71. The summed E-state index contributed by atoms with van der Waals surface area (Å²) >= 11 is 0. The molecule has 3 rings (SSSR count). The van der Waals surface area contributed by atoms with Crippen molar-refractivity contribution < 1.29 is 9.90 Å². The molecule has 3 heterocycles. The number of hydrogen-bond acceptors (Lipinski definition) is 6. The Hall–Kier alpha value is -2.45. The average molecular weight is 291 g/mol. The molecule has 3 N–H and O–H groups in total. The normalized spacial score (nSPS) is 20.8. The number of aromatic amines is 1. The number of carboxylic acids is 1. The number of hydrogen-bond donors (Lipinski definition) is 3. The number of nitrogens with one attached hydrogen (secondary N) is 2. The molecule has 0 fully saturated rings. The lowest BCUT2D eigenvalue weighted by molar-refractivity contribution is -0.137. The standard InChI is InChI=1S/C12H17N7O2/c1-7-5-13-12-14-8(11-15-17-18-16-11)6-19(12)9(7)3-2-4-10(20)21/h6-7,9H,2-5H2,1H3,(H,13,14)(H,20,21)(H,15,16,17,18). The second kappa shape index (κ2) is 5.51. The first-order valence-electron chi connectivity index (χ1n) is 6.94. The fourth-order valence-electron chi connectivity index (χ4n) is 2.71. The summed E-state index contributed by atoms with van der Waals surface area (Å²) in [4.78, 5) is 15.2. The molecule has 9 nitrogen and oxygen atoms in total. The molecular formula is C12H17N7O2. The largest absolute Gasteiger partial charge is 0.481 e. The van der Waals surface area contributed by atoms with Crippen molar-refractivity contribution >= 4 is 11.9 Å². The highest BCUT2D eigenvalue weighted by Gasteiger charge is 2.28. The lowest BCUT2D eigenvalue weighted by Crippen LogP contribution is -2.30. The van der Waals surface area contributed by atoms with Crippen molar-refractivity contribution in [3.63, 3.8) is 0 Å². The summed E-state index contributed by atoms with van der Waals surface area (Å²) in [7, 11) is 0. The summed E-state index contributed by atoms with van der Waals surface area (Å²) in [5, 5.41) is 25.7. The van der Waals surface area contributed by atoms with Crippen LogP contribution in [0.4, 0.5) is 5.95 Å². The number of H-pyrrole nitrogens is 1. The van der Waals surface area contributed by atoms with E-state index in [0.29, 0.717) is 23.9 Å². The smallest absolute Gasteiger partial charge is 0.303 e. The maximum atomic E-state index is 10.7. The first-order chi connectivity index (χ1) is 10.1. The topological polar surface area (TPSA) is 122 Å². The molecule has 1 aliphatic heterocycles. The van der Waals surface area contributed by atoms with Crippen LogP contribution in [0.3, 0.4) is 0 Å². The Balaban J connectivity index is 1.81. The summed E-state index contributed by atoms with van der Waals surface area (Å²) in [5.74, 6) is 0.951. The third-order valence-corrected chi connectivity index (χ3v) is 3.81. The quantitative estimate of drug-likeness (QED) is 0.748. The van der Waals surface area contributed by atoms with Crippen LogP contribution in [0.15, 0.2) is 6.20 Å². The number of aliphatic carboxylic acids is 1. The predicted octanol–water partition coefficient (Wildman–Crippen LogP) is 0.921. The summed E-state index contributed by atoms with van der Waals surface area (Å²) < 4.78 is 2.06. The summed E-state index contributed by atoms with van der Waals surface area (Å²) in [5.41, 5.74) is 0.680. The first-order valence-corrected chi connectivity index (χ1v) is 6.94. The number of aromatic nitrogens is 6. The van der Waals surface area contributed by atoms with Crippen molar-refractivity contribution in [2.75, 3.05) is 11.9 Å². The highest BCUT2D eigenvalue weighted by molar-refractivity contribution is 5.66. The molecular weight excluding hydrogens is 274 g/mol. The third-order valence-electron chi connectivity index (χ3n) is 3.81. The Morgan fingerprint density at radius 2 is 2.43 bits per heavy atom. The van der Waals surface area contributed by atoms with Crippen molar-refractivity contribution in [2.45, 2.75) is 32.2 Å². The average Bonchev–Trinajstić information content (AvgIpc) is 3.08. The Labute approximate surface area is 120 Å². The zero-order valence-electron chi connectivity index (χ0n) is 11.7. The van der Waals surface area contributed by atoms with Gasteiger partial charge >= 0.3 is 5.97 Å². The molecule has 0 aromatic carbocycles. The second-order valence-corrected chi connectivity index (χ2v) is 5.32. The van der Waals surface area contributed by atoms with Gasteiger partial charge in [-0.3, -0.25) is 4.79 Å². The van der Waals surface area contributed by atoms with Gasteiger partial charge in [-0.05, 0) is 29.2 Å². The number of nitrogens with zero attached hydrogens (tertiary/aromatic N) is 5. The molecule has 0 aliphatic carbocycles. The number of tetrazole rings is 1. The Bertz CT molecular complexity index is 622. The molecule has 112 valence electrons. The van der Waals surface area contributed by atoms with Crippen LogP contribution in [-0.2, 0) is 4.79 Å². The van der Waals surface area contributed by atoms with Crippen LogP contribution >= 0.6 is 0 Å². The molecule has 0 bridgehead atoms. The molecule has 1 aliphatic rings. The van der Waals surface area contributed by atoms with E-state index in [-0.39, 0.29) is 12.5 Å². The number of fused-ring (bicyclic) bond motifs is 1. The van der Waals surface area contributed by atoms with Crippen molar-refractivity contribution in [1.29, 1.82) is 0 Å². The van der Waals surface area contributed by atoms with Crippen LogP contribution in [-0.4, -0.2) is 47.8 Å². The van der Waals surface area contributed by atoms with Crippen LogP contribution in [0.25, 0.3) is 11.5 Å². The molecule has 2 aromatic heterocycles. The van der Waals surface area contributed by atoms with Gasteiger partial charge in [-0.15, -0.1) is 5.10 Å². The summed E-state index contributed by atoms with van der Waals surface area (Å²) in [6.07, 6.45) is 3.57. The van der Waals surface area contributed by atoms with E-state index in [1.807, 2.05) is 6.20 Å². The zero-order chi connectivity index (χ0) is 14.8. The van der Waals surface area contributed by atoms with Crippen molar-refractivity contribution in [3.8, 4) is 11.5 Å². The van der Waals surface area contributed by atoms with Gasteiger partial charge in [-0.1, -0.05) is 6.92 Å². The maximum absolute atomic E-state index is 10.7. The van der Waals surface area contributed by atoms with E-state index in [0.717, 1.165) is 18.9 Å². The monoisotopic (exact) mass is 291 g/mol. The molecule has 0 radical (unpaired) electrons. The van der Waals surface area contributed by atoms with Gasteiger partial charge in [-0.2, -0.15) is 0 Å². The second-order valence-electron chi connectivity index (χ2n) is 5.32. The minimum atomic E-state index is -0.754. The van der Waals surface area contributed by atoms with Gasteiger partial charge < -0.3 is 15.0 Å². The number of imidazole rings is 1. The zero-order valence-corrected chi connectivity index (χ0v) is 11.7. The Morgan fingerprint density at radius 3 is 3.14 bits per heavy atom. The lowest BCUT2D eigenvalue weighted by atomic mass is 9.95. The van der Waals surface area contributed by atoms with Gasteiger partial charge in [0.25, 0.3) is 0 Å². The van der Waals surface area contributed by atoms with Crippen molar-refractivity contribution in [2.24, 2.45) is 5.92 Å². The van der Waals surface area contributed by atoms with Crippen LogP contribution in [0.2, 0.25) is 0 Å². The number of carbonyl (C=O) groups is 1. The molecule has 9 heteroatoms. The Kier molecular flexibility index (Phi) is 3.55. The van der Waals surface area contributed by atoms with Crippen LogP contribution in [0, 0.1) is 5.92 Å². The van der Waals surface area contributed by atoms with Gasteiger partial charge in [0.15, 0.2) is 5.82 Å². The van der Waals surface area contributed by atoms with Gasteiger partial charge in [0.2, 0.25) is 5.95 Å². The lowest BCUT2D eigenvalue weighted by Gasteiger charge is -2.31. The number of carboxylic acid groups (broad SMARTS) is 1. The maximum Gasteiger partial charge on any atom is 0.303 e. The number of anilines is 1. The van der Waals surface area contributed by atoms with Gasteiger partial charge in [0.05, 0.1) is 0 Å². The van der Waals surface area contributed by atoms with E-state index in [4.69, 9.17) is 5.11 Å². The van der Waals surface area contributed by atoms with Crippen LogP contribution in [0.1, 0.15) is 32.2 Å². The molecule has 2 aromatic rings. The van der Waals surface area contributed by atoms with Crippen molar-refractivity contribution in [1.82, 2.24) is 30.2 Å². The molecule has 0 spiro atoms. The van der Waals surface area contributed by atoms with Crippen molar-refractivity contribution in [3.05, 3.63) is 6.20 Å². The summed E-state index contributed by atoms with van der Waals surface area (Å²) in [6, 6.07) is 0.234. The molecule has 0 saturated carbocycles. The minimum Gasteiger partial charge on any atom is -0.481 e. The predicted molar refractivity (Wildman–Crippen MR) is 73.6 cm³/mol. The number of rotatable bonds is 5. The molecule has 0 amide bonds. The fraction of sp³-hybridized carbons (Fsp3) is 0.583. The van der Waals surface area contributed by atoms with Gasteiger partial charge in [-0.25, -0.2) is 10.1 Å². The summed E-state index contributed by atoms with van der Waals surface area (Å²) in [6.45, 7) is 2.97. The fourth-order valence-corrected chi connectivity index (χ4v) is 2.71. The molecule has 2 atom stereocenters. The van der Waals surface area contributed by atoms with Crippen LogP contribution < -0.4 is 5.32 Å². The van der Waals surface area contributed by atoms with Gasteiger partial charge in [0.1, 0.15) is 5.69 Å². The van der Waals surface area contributed by atoms with Crippen LogP contribution in [0.5, 0.6) is 0 Å². The highest BCUT2D eigenvalue weighted by atomic mass is 16.4. The Morgan fingerprint density at radius 1 is 1.57 bits per heavy atom. The van der Waals surface area contributed by atoms with E-state index < -0.39 is 5.97 Å². The van der Waals surface area contributed by atoms with E-state index in [9.17, 15) is 4.79 Å². The molecule has 21 heavy (non-hydrogen) atoms. The minimum absolute atomic E-state index is 0.194. The molecule has 0 saturated heterocycles. The molecule has 2 unspecified atom stereocenters.